The number of hydrogen-bond donors (Lipinski definition) is 1. The molecule has 0 amide bonds. The maximum absolute atomic E-state index is 9.96. The Morgan fingerprint density at radius 1 is 0.950 bits per heavy atom. The van der Waals surface area contributed by atoms with Crippen LogP contribution in [0.15, 0.2) is 36.4 Å². The largest absolute Gasteiger partial charge is 0.496 e. The summed E-state index contributed by atoms with van der Waals surface area (Å²) in [6, 6.07) is 11.4. The fourth-order valence-corrected chi connectivity index (χ4v) is 2.16. The van der Waals surface area contributed by atoms with E-state index in [-0.39, 0.29) is 0 Å². The van der Waals surface area contributed by atoms with Gasteiger partial charge in [0.2, 0.25) is 0 Å². The zero-order valence-corrected chi connectivity index (χ0v) is 12.3. The average molecular weight is 272 g/mol. The van der Waals surface area contributed by atoms with Crippen LogP contribution in [0.2, 0.25) is 0 Å². The minimum Gasteiger partial charge on any atom is -0.496 e. The van der Waals surface area contributed by atoms with Crippen LogP contribution in [0.1, 0.15) is 29.7 Å². The highest BCUT2D eigenvalue weighted by atomic mass is 16.5. The van der Waals surface area contributed by atoms with E-state index in [1.54, 1.807) is 14.0 Å². The summed E-state index contributed by atoms with van der Waals surface area (Å²) < 4.78 is 11.3. The predicted octanol–water partition coefficient (Wildman–Crippen LogP) is 4.16. The molecular weight excluding hydrogens is 252 g/mol. The number of ether oxygens (including phenoxy) is 2. The van der Waals surface area contributed by atoms with Gasteiger partial charge in [-0.3, -0.25) is 0 Å². The van der Waals surface area contributed by atoms with Crippen molar-refractivity contribution in [3.8, 4) is 17.2 Å². The maximum atomic E-state index is 9.96. The number of benzene rings is 2. The lowest BCUT2D eigenvalue weighted by Gasteiger charge is -2.17. The van der Waals surface area contributed by atoms with Gasteiger partial charge in [-0.1, -0.05) is 18.2 Å². The van der Waals surface area contributed by atoms with E-state index < -0.39 is 6.10 Å². The Kier molecular flexibility index (Phi) is 4.30. The van der Waals surface area contributed by atoms with Gasteiger partial charge < -0.3 is 14.6 Å². The molecule has 106 valence electrons. The second-order valence-electron chi connectivity index (χ2n) is 4.85. The van der Waals surface area contributed by atoms with Crippen molar-refractivity contribution in [2.45, 2.75) is 26.9 Å². The molecule has 0 radical (unpaired) electrons. The smallest absolute Gasteiger partial charge is 0.136 e. The fraction of sp³-hybridized carbons (Fsp3) is 0.294. The highest BCUT2D eigenvalue weighted by Crippen LogP contribution is 2.37. The summed E-state index contributed by atoms with van der Waals surface area (Å²) in [6.07, 6.45) is -0.661. The second-order valence-corrected chi connectivity index (χ2v) is 4.85. The summed E-state index contributed by atoms with van der Waals surface area (Å²) in [5.74, 6) is 2.04. The average Bonchev–Trinajstić information content (AvgIpc) is 2.43. The molecule has 1 atom stereocenters. The number of methoxy groups -OCH3 is 1. The Morgan fingerprint density at radius 2 is 1.55 bits per heavy atom. The quantitative estimate of drug-likeness (QED) is 0.908. The summed E-state index contributed by atoms with van der Waals surface area (Å²) in [5.41, 5.74) is 2.92. The van der Waals surface area contributed by atoms with Crippen LogP contribution in [0.5, 0.6) is 17.2 Å². The van der Waals surface area contributed by atoms with Crippen LogP contribution in [0, 0.1) is 13.8 Å². The molecule has 0 saturated heterocycles. The molecule has 0 heterocycles. The van der Waals surface area contributed by atoms with Gasteiger partial charge in [0.15, 0.2) is 0 Å². The molecule has 0 spiro atoms. The lowest BCUT2D eigenvalue weighted by molar-refractivity contribution is 0.190. The van der Waals surface area contributed by atoms with Crippen molar-refractivity contribution in [2.75, 3.05) is 7.11 Å². The molecule has 1 unspecified atom stereocenters. The first-order chi connectivity index (χ1) is 9.54. The highest BCUT2D eigenvalue weighted by Gasteiger charge is 2.16. The molecule has 0 fully saturated rings. The van der Waals surface area contributed by atoms with E-state index >= 15 is 0 Å². The lowest BCUT2D eigenvalue weighted by atomic mass is 10.1. The SMILES string of the molecule is COc1cccc(Oc2cccc(C)c2C)c1C(C)O. The van der Waals surface area contributed by atoms with Gasteiger partial charge in [0.05, 0.1) is 18.8 Å². The van der Waals surface area contributed by atoms with E-state index in [0.717, 1.165) is 11.3 Å². The first kappa shape index (κ1) is 14.4. The van der Waals surface area contributed by atoms with Crippen molar-refractivity contribution in [3.63, 3.8) is 0 Å². The Morgan fingerprint density at radius 3 is 2.20 bits per heavy atom. The summed E-state index contributed by atoms with van der Waals surface area (Å²) >= 11 is 0. The number of aliphatic hydroxyl groups is 1. The third kappa shape index (κ3) is 2.78. The molecule has 0 saturated carbocycles. The Bertz CT molecular complexity index is 603. The van der Waals surface area contributed by atoms with Gasteiger partial charge >= 0.3 is 0 Å². The monoisotopic (exact) mass is 272 g/mol. The topological polar surface area (TPSA) is 38.7 Å². The van der Waals surface area contributed by atoms with Gasteiger partial charge in [-0.15, -0.1) is 0 Å². The summed E-state index contributed by atoms with van der Waals surface area (Å²) in [6.45, 7) is 5.77. The molecule has 0 aliphatic heterocycles. The maximum Gasteiger partial charge on any atom is 0.136 e. The fourth-order valence-electron chi connectivity index (χ4n) is 2.16. The summed E-state index contributed by atoms with van der Waals surface area (Å²) in [5, 5.41) is 9.96. The molecular formula is C17H20O3. The molecule has 20 heavy (non-hydrogen) atoms. The van der Waals surface area contributed by atoms with Crippen LogP contribution >= 0.6 is 0 Å². The van der Waals surface area contributed by atoms with Crippen LogP contribution in [-0.2, 0) is 0 Å². The molecule has 0 aliphatic carbocycles. The van der Waals surface area contributed by atoms with Gasteiger partial charge in [0.25, 0.3) is 0 Å². The van der Waals surface area contributed by atoms with Gasteiger partial charge in [-0.25, -0.2) is 0 Å². The van der Waals surface area contributed by atoms with Crippen LogP contribution < -0.4 is 9.47 Å². The highest BCUT2D eigenvalue weighted by molar-refractivity contribution is 5.49. The van der Waals surface area contributed by atoms with E-state index in [2.05, 4.69) is 0 Å². The van der Waals surface area contributed by atoms with Crippen molar-refractivity contribution in [1.82, 2.24) is 0 Å². The second kappa shape index (κ2) is 5.97. The Balaban J connectivity index is 2.46. The molecule has 3 nitrogen and oxygen atoms in total. The van der Waals surface area contributed by atoms with E-state index in [1.807, 2.05) is 50.2 Å². The van der Waals surface area contributed by atoms with E-state index in [1.165, 1.54) is 5.56 Å². The number of rotatable bonds is 4. The van der Waals surface area contributed by atoms with E-state index in [9.17, 15) is 5.11 Å². The molecule has 0 aromatic heterocycles. The van der Waals surface area contributed by atoms with Gasteiger partial charge in [-0.2, -0.15) is 0 Å². The first-order valence-electron chi connectivity index (χ1n) is 6.63. The molecule has 2 aromatic carbocycles. The van der Waals surface area contributed by atoms with Crippen molar-refractivity contribution in [3.05, 3.63) is 53.1 Å². The predicted molar refractivity (Wildman–Crippen MR) is 79.6 cm³/mol. The normalized spacial score (nSPS) is 12.1. The number of aryl methyl sites for hydroxylation is 1. The Labute approximate surface area is 119 Å². The van der Waals surface area contributed by atoms with Crippen molar-refractivity contribution >= 4 is 0 Å². The standard InChI is InChI=1S/C17H20O3/c1-11-7-5-8-14(12(11)2)20-16-10-6-9-15(19-4)17(16)13(3)18/h5-10,13,18H,1-4H3. The van der Waals surface area contributed by atoms with Crippen LogP contribution in [0.4, 0.5) is 0 Å². The van der Waals surface area contributed by atoms with Crippen LogP contribution in [0.3, 0.4) is 0 Å². The first-order valence-corrected chi connectivity index (χ1v) is 6.63. The zero-order chi connectivity index (χ0) is 14.7. The molecule has 1 N–H and O–H groups in total. The Hall–Kier alpha value is -2.00. The minimum atomic E-state index is -0.661. The lowest BCUT2D eigenvalue weighted by Crippen LogP contribution is -2.00. The summed E-state index contributed by atoms with van der Waals surface area (Å²) in [4.78, 5) is 0. The zero-order valence-electron chi connectivity index (χ0n) is 12.3. The molecule has 2 aromatic rings. The van der Waals surface area contributed by atoms with Gasteiger partial charge in [-0.05, 0) is 50.1 Å². The summed E-state index contributed by atoms with van der Waals surface area (Å²) in [7, 11) is 1.59. The molecule has 2 rings (SSSR count). The third-order valence-corrected chi connectivity index (χ3v) is 3.44. The number of aliphatic hydroxyl groups excluding tert-OH is 1. The van der Waals surface area contributed by atoms with Gasteiger partial charge in [0, 0.05) is 0 Å². The van der Waals surface area contributed by atoms with Crippen molar-refractivity contribution in [2.24, 2.45) is 0 Å². The van der Waals surface area contributed by atoms with E-state index in [4.69, 9.17) is 9.47 Å². The number of hydrogen-bond acceptors (Lipinski definition) is 3. The van der Waals surface area contributed by atoms with Crippen molar-refractivity contribution in [1.29, 1.82) is 0 Å². The molecule has 0 aliphatic rings. The molecule has 3 heteroatoms. The molecule has 0 bridgehead atoms. The van der Waals surface area contributed by atoms with Crippen LogP contribution in [-0.4, -0.2) is 12.2 Å². The van der Waals surface area contributed by atoms with Crippen LogP contribution in [0.25, 0.3) is 0 Å². The van der Waals surface area contributed by atoms with E-state index in [0.29, 0.717) is 17.1 Å². The minimum absolute atomic E-state index is 0.619. The van der Waals surface area contributed by atoms with Gasteiger partial charge in [0.1, 0.15) is 17.2 Å². The third-order valence-electron chi connectivity index (χ3n) is 3.44. The van der Waals surface area contributed by atoms with Crippen molar-refractivity contribution < 1.29 is 14.6 Å².